The molecule has 6 heteroatoms. The predicted octanol–water partition coefficient (Wildman–Crippen LogP) is 3.53. The maximum absolute atomic E-state index is 12.2. The molecule has 0 aliphatic heterocycles. The Kier molecular flexibility index (Phi) is 6.55. The molecule has 0 aromatic heterocycles. The van der Waals surface area contributed by atoms with Crippen molar-refractivity contribution in [3.05, 3.63) is 29.3 Å². The Morgan fingerprint density at radius 3 is 2.29 bits per heavy atom. The third kappa shape index (κ3) is 6.40. The lowest BCUT2D eigenvalue weighted by molar-refractivity contribution is -0.148. The highest BCUT2D eigenvalue weighted by Crippen LogP contribution is 2.22. The van der Waals surface area contributed by atoms with E-state index >= 15 is 0 Å². The van der Waals surface area contributed by atoms with Gasteiger partial charge in [0.15, 0.2) is 0 Å². The van der Waals surface area contributed by atoms with Crippen LogP contribution in [0.15, 0.2) is 29.2 Å². The standard InChI is InChI=1S/C15H20ClNO3S/c1-15(2,3)17(10-14(19)20)13(18)8-9-21-12-6-4-11(16)5-7-12/h4-7H,8-10H2,1-3H3,(H,19,20). The van der Waals surface area contributed by atoms with Crippen LogP contribution in [0.1, 0.15) is 27.2 Å². The smallest absolute Gasteiger partial charge is 0.323 e. The van der Waals surface area contributed by atoms with Crippen LogP contribution in [-0.4, -0.2) is 39.7 Å². The first-order valence-corrected chi connectivity index (χ1v) is 7.97. The first-order valence-electron chi connectivity index (χ1n) is 6.61. The summed E-state index contributed by atoms with van der Waals surface area (Å²) in [5, 5.41) is 9.59. The second-order valence-corrected chi connectivity index (χ2v) is 7.20. The van der Waals surface area contributed by atoms with Crippen molar-refractivity contribution in [1.29, 1.82) is 0 Å². The molecule has 0 atom stereocenters. The third-order valence-corrected chi connectivity index (χ3v) is 4.07. The van der Waals surface area contributed by atoms with Crippen LogP contribution in [0.4, 0.5) is 0 Å². The summed E-state index contributed by atoms with van der Waals surface area (Å²) in [5.74, 6) is -0.540. The number of nitrogens with zero attached hydrogens (tertiary/aromatic N) is 1. The van der Waals surface area contributed by atoms with Crippen molar-refractivity contribution in [1.82, 2.24) is 4.90 Å². The maximum atomic E-state index is 12.2. The van der Waals surface area contributed by atoms with Gasteiger partial charge in [0.2, 0.25) is 5.91 Å². The minimum Gasteiger partial charge on any atom is -0.480 e. The van der Waals surface area contributed by atoms with E-state index in [1.165, 1.54) is 4.90 Å². The minimum atomic E-state index is -0.997. The number of halogens is 1. The van der Waals surface area contributed by atoms with Crippen LogP contribution in [0.25, 0.3) is 0 Å². The van der Waals surface area contributed by atoms with Crippen LogP contribution in [0.5, 0.6) is 0 Å². The van der Waals surface area contributed by atoms with Crippen LogP contribution in [-0.2, 0) is 9.59 Å². The number of carboxylic acids is 1. The second kappa shape index (κ2) is 7.71. The van der Waals surface area contributed by atoms with E-state index in [2.05, 4.69) is 0 Å². The van der Waals surface area contributed by atoms with E-state index in [1.54, 1.807) is 23.9 Å². The fourth-order valence-electron chi connectivity index (χ4n) is 1.76. The highest BCUT2D eigenvalue weighted by molar-refractivity contribution is 7.99. The van der Waals surface area contributed by atoms with Gasteiger partial charge in [-0.25, -0.2) is 0 Å². The van der Waals surface area contributed by atoms with Crippen LogP contribution >= 0.6 is 23.4 Å². The summed E-state index contributed by atoms with van der Waals surface area (Å²) in [4.78, 5) is 25.5. The van der Waals surface area contributed by atoms with Gasteiger partial charge in [0, 0.05) is 27.6 Å². The Labute approximate surface area is 134 Å². The van der Waals surface area contributed by atoms with Gasteiger partial charge in [-0.1, -0.05) is 11.6 Å². The second-order valence-electron chi connectivity index (χ2n) is 5.60. The summed E-state index contributed by atoms with van der Waals surface area (Å²) in [5.41, 5.74) is -0.500. The zero-order chi connectivity index (χ0) is 16.0. The van der Waals surface area contributed by atoms with E-state index < -0.39 is 11.5 Å². The van der Waals surface area contributed by atoms with Gasteiger partial charge in [-0.3, -0.25) is 9.59 Å². The molecule has 0 heterocycles. The van der Waals surface area contributed by atoms with E-state index in [4.69, 9.17) is 16.7 Å². The molecule has 0 saturated heterocycles. The number of carboxylic acid groups (broad SMARTS) is 1. The highest BCUT2D eigenvalue weighted by atomic mass is 35.5. The lowest BCUT2D eigenvalue weighted by atomic mass is 10.1. The monoisotopic (exact) mass is 329 g/mol. The first kappa shape index (κ1) is 17.9. The number of hydrogen-bond donors (Lipinski definition) is 1. The van der Waals surface area contributed by atoms with Crippen LogP contribution < -0.4 is 0 Å². The molecule has 0 spiro atoms. The molecule has 21 heavy (non-hydrogen) atoms. The molecule has 1 rings (SSSR count). The Balaban J connectivity index is 2.54. The zero-order valence-corrected chi connectivity index (χ0v) is 14.0. The Hall–Kier alpha value is -1.20. The van der Waals surface area contributed by atoms with Crippen molar-refractivity contribution in [2.75, 3.05) is 12.3 Å². The Morgan fingerprint density at radius 1 is 1.24 bits per heavy atom. The lowest BCUT2D eigenvalue weighted by Gasteiger charge is -2.34. The van der Waals surface area contributed by atoms with Crippen LogP contribution in [0.3, 0.4) is 0 Å². The molecule has 0 aliphatic rings. The fraction of sp³-hybridized carbons (Fsp3) is 0.467. The molecule has 1 amide bonds. The summed E-state index contributed by atoms with van der Waals surface area (Å²) < 4.78 is 0. The average Bonchev–Trinajstić information content (AvgIpc) is 2.36. The largest absolute Gasteiger partial charge is 0.480 e. The van der Waals surface area contributed by atoms with Crippen molar-refractivity contribution >= 4 is 35.2 Å². The number of carbonyl (C=O) groups excluding carboxylic acids is 1. The molecule has 0 bridgehead atoms. The molecule has 4 nitrogen and oxygen atoms in total. The maximum Gasteiger partial charge on any atom is 0.323 e. The molecule has 1 N–H and O–H groups in total. The normalized spacial score (nSPS) is 11.2. The summed E-state index contributed by atoms with van der Waals surface area (Å²) in [6.45, 7) is 5.23. The van der Waals surface area contributed by atoms with Crippen molar-refractivity contribution in [2.24, 2.45) is 0 Å². The molecule has 0 fully saturated rings. The van der Waals surface area contributed by atoms with Gasteiger partial charge < -0.3 is 10.0 Å². The molecule has 1 aromatic rings. The Morgan fingerprint density at radius 2 is 1.81 bits per heavy atom. The summed E-state index contributed by atoms with van der Waals surface area (Å²) in [6.07, 6.45) is 0.303. The van der Waals surface area contributed by atoms with Gasteiger partial charge in [0.1, 0.15) is 6.54 Å². The molecule has 0 aliphatic carbocycles. The van der Waals surface area contributed by atoms with Crippen molar-refractivity contribution in [3.8, 4) is 0 Å². The number of carbonyl (C=O) groups is 2. The number of aliphatic carboxylic acids is 1. The molecular weight excluding hydrogens is 310 g/mol. The molecule has 116 valence electrons. The van der Waals surface area contributed by atoms with E-state index in [9.17, 15) is 9.59 Å². The third-order valence-electron chi connectivity index (χ3n) is 2.80. The zero-order valence-electron chi connectivity index (χ0n) is 12.4. The first-order chi connectivity index (χ1) is 9.70. The summed E-state index contributed by atoms with van der Waals surface area (Å²) in [6, 6.07) is 7.40. The highest BCUT2D eigenvalue weighted by Gasteiger charge is 2.27. The number of rotatable bonds is 6. The van der Waals surface area contributed by atoms with E-state index in [1.807, 2.05) is 32.9 Å². The van der Waals surface area contributed by atoms with Crippen molar-refractivity contribution in [3.63, 3.8) is 0 Å². The van der Waals surface area contributed by atoms with Gasteiger partial charge in [-0.15, -0.1) is 11.8 Å². The van der Waals surface area contributed by atoms with Crippen molar-refractivity contribution < 1.29 is 14.7 Å². The molecule has 0 saturated carbocycles. The average molecular weight is 330 g/mol. The van der Waals surface area contributed by atoms with Gasteiger partial charge in [-0.2, -0.15) is 0 Å². The van der Waals surface area contributed by atoms with E-state index in [-0.39, 0.29) is 12.5 Å². The van der Waals surface area contributed by atoms with Gasteiger partial charge >= 0.3 is 5.97 Å². The summed E-state index contributed by atoms with van der Waals surface area (Å²) in [7, 11) is 0. The van der Waals surface area contributed by atoms with Crippen LogP contribution in [0.2, 0.25) is 5.02 Å². The minimum absolute atomic E-state index is 0.147. The molecular formula is C15H20ClNO3S. The Bertz CT molecular complexity index is 497. The van der Waals surface area contributed by atoms with E-state index in [0.29, 0.717) is 17.2 Å². The molecule has 0 radical (unpaired) electrons. The van der Waals surface area contributed by atoms with Gasteiger partial charge in [-0.05, 0) is 45.0 Å². The summed E-state index contributed by atoms with van der Waals surface area (Å²) >= 11 is 7.36. The predicted molar refractivity (Wildman–Crippen MR) is 85.9 cm³/mol. The van der Waals surface area contributed by atoms with Crippen LogP contribution in [0, 0.1) is 0 Å². The number of thioether (sulfide) groups is 1. The number of benzene rings is 1. The molecule has 1 aromatic carbocycles. The van der Waals surface area contributed by atoms with Gasteiger partial charge in [0.25, 0.3) is 0 Å². The quantitative estimate of drug-likeness (QED) is 0.811. The van der Waals surface area contributed by atoms with E-state index in [0.717, 1.165) is 4.90 Å². The lowest BCUT2D eigenvalue weighted by Crippen LogP contribution is -2.48. The molecule has 0 unspecified atom stereocenters. The SMILES string of the molecule is CC(C)(C)N(CC(=O)O)C(=O)CCSc1ccc(Cl)cc1. The van der Waals surface area contributed by atoms with Gasteiger partial charge in [0.05, 0.1) is 0 Å². The topological polar surface area (TPSA) is 57.6 Å². The fourth-order valence-corrected chi connectivity index (χ4v) is 2.72. The number of hydrogen-bond acceptors (Lipinski definition) is 3. The van der Waals surface area contributed by atoms with Crippen molar-refractivity contribution in [2.45, 2.75) is 37.6 Å². The number of amides is 1.